The van der Waals surface area contributed by atoms with Gasteiger partial charge >= 0.3 is 0 Å². The molecule has 0 saturated carbocycles. The van der Waals surface area contributed by atoms with Crippen LogP contribution in [0.1, 0.15) is 0 Å². The van der Waals surface area contributed by atoms with E-state index in [0.29, 0.717) is 0 Å². The molecule has 0 aliphatic rings. The van der Waals surface area contributed by atoms with Gasteiger partial charge in [-0.1, -0.05) is 11.8 Å². The van der Waals surface area contributed by atoms with Crippen molar-refractivity contribution in [2.45, 2.75) is 0 Å². The highest BCUT2D eigenvalue weighted by Gasteiger charge is 1.53. The predicted molar refractivity (Wildman–Crippen MR) is 28.3 cm³/mol. The van der Waals surface area contributed by atoms with Gasteiger partial charge in [-0.05, 0) is 0 Å². The molecule has 0 bridgehead atoms. The third kappa shape index (κ3) is 4.46. The second kappa shape index (κ2) is 5.46. The van der Waals surface area contributed by atoms with E-state index < -0.39 is 0 Å². The Morgan fingerprint density at radius 3 is 1.50 bits per heavy atom. The van der Waals surface area contributed by atoms with Crippen molar-refractivity contribution in [1.82, 2.24) is 0 Å². The lowest BCUT2D eigenvalue weighted by atomic mass is 10.5. The van der Waals surface area contributed by atoms with Crippen LogP contribution in [0, 0.1) is 11.8 Å². The average molecular weight is 106 g/mol. The highest BCUT2D eigenvalue weighted by atomic mass is 16.1. The van der Waals surface area contributed by atoms with Gasteiger partial charge < -0.3 is 0 Å². The molecule has 0 atom stereocenters. The normalized spacial score (nSPS) is 4.50. The third-order valence-corrected chi connectivity index (χ3v) is 0.346. The smallest absolute Gasteiger partial charge is 0.133 e. The monoisotopic (exact) mass is 106 g/mol. The summed E-state index contributed by atoms with van der Waals surface area (Å²) >= 11 is 0. The van der Waals surface area contributed by atoms with E-state index in [1.165, 1.54) is 11.9 Å². The van der Waals surface area contributed by atoms with Crippen LogP contribution in [0.4, 0.5) is 0 Å². The van der Waals surface area contributed by atoms with Crippen LogP contribution in [0.2, 0.25) is 0 Å². The van der Waals surface area contributed by atoms with Gasteiger partial charge in [0.2, 0.25) is 0 Å². The first-order valence-corrected chi connectivity index (χ1v) is 1.81. The highest BCUT2D eigenvalue weighted by molar-refractivity contribution is 5.56. The van der Waals surface area contributed by atoms with Crippen LogP contribution in [-0.4, -0.2) is 11.9 Å². The van der Waals surface area contributed by atoms with Crippen molar-refractivity contribution >= 4 is 11.9 Å². The maximum atomic E-state index is 9.37. The van der Waals surface area contributed by atoms with Gasteiger partial charge in [-0.2, -0.15) is 0 Å². The third-order valence-electron chi connectivity index (χ3n) is 0.346. The van der Waals surface area contributed by atoms with Crippen molar-refractivity contribution in [3.05, 3.63) is 12.2 Å². The molecular weight excluding hydrogens is 104 g/mol. The van der Waals surface area contributed by atoms with Gasteiger partial charge in [-0.15, -0.1) is 0 Å². The van der Waals surface area contributed by atoms with E-state index in [-0.39, 0.29) is 0 Å². The fourth-order valence-electron chi connectivity index (χ4n) is 0.142. The van der Waals surface area contributed by atoms with Crippen molar-refractivity contribution in [2.24, 2.45) is 0 Å². The van der Waals surface area contributed by atoms with Crippen LogP contribution < -0.4 is 0 Å². The topological polar surface area (TPSA) is 34.1 Å². The molecule has 0 fully saturated rings. The fraction of sp³-hybridized carbons (Fsp3) is 0. The Morgan fingerprint density at radius 2 is 1.25 bits per heavy atom. The summed E-state index contributed by atoms with van der Waals surface area (Å²) < 4.78 is 0. The van der Waals surface area contributed by atoms with Gasteiger partial charge in [-0.25, -0.2) is 9.59 Å². The zero-order valence-corrected chi connectivity index (χ0v) is 3.97. The summed E-state index contributed by atoms with van der Waals surface area (Å²) in [4.78, 5) is 18.7. The number of rotatable bonds is 0. The molecule has 8 heavy (non-hydrogen) atoms. The van der Waals surface area contributed by atoms with Crippen LogP contribution in [0.5, 0.6) is 0 Å². The van der Waals surface area contributed by atoms with Gasteiger partial charge in [0.15, 0.2) is 0 Å². The van der Waals surface area contributed by atoms with Crippen molar-refractivity contribution < 1.29 is 9.59 Å². The van der Waals surface area contributed by atoms with Gasteiger partial charge in [0.05, 0.1) is 12.2 Å². The van der Waals surface area contributed by atoms with Crippen molar-refractivity contribution in [2.75, 3.05) is 0 Å². The Kier molecular flexibility index (Phi) is 4.41. The quantitative estimate of drug-likeness (QED) is 0.315. The SMILES string of the molecule is O=C=CC#CC=C=O. The summed E-state index contributed by atoms with van der Waals surface area (Å²) in [6, 6.07) is 0. The molecule has 0 unspecified atom stereocenters. The van der Waals surface area contributed by atoms with Crippen LogP contribution in [0.15, 0.2) is 12.2 Å². The fourth-order valence-corrected chi connectivity index (χ4v) is 0.142. The standard InChI is InChI=1S/C6H2O2/c7-5-3-1-2-4-6-8/h3-4H. The molecule has 2 heteroatoms. The highest BCUT2D eigenvalue weighted by Crippen LogP contribution is 1.54. The minimum atomic E-state index is 0.980. The molecule has 0 radical (unpaired) electrons. The molecule has 0 aromatic rings. The Morgan fingerprint density at radius 1 is 0.875 bits per heavy atom. The van der Waals surface area contributed by atoms with Gasteiger partial charge in [0.1, 0.15) is 11.9 Å². The molecule has 0 aliphatic carbocycles. The minimum absolute atomic E-state index is 0.980. The zero-order valence-electron chi connectivity index (χ0n) is 3.97. The summed E-state index contributed by atoms with van der Waals surface area (Å²) in [7, 11) is 0. The molecule has 2 nitrogen and oxygen atoms in total. The first-order chi connectivity index (χ1) is 3.91. The number of hydrogen-bond donors (Lipinski definition) is 0. The molecule has 0 rings (SSSR count). The second-order valence-corrected chi connectivity index (χ2v) is 0.813. The molecule has 38 valence electrons. The molecule has 0 aromatic carbocycles. The van der Waals surface area contributed by atoms with E-state index in [2.05, 4.69) is 11.8 Å². The Balaban J connectivity index is 3.86. The van der Waals surface area contributed by atoms with Crippen LogP contribution in [0.25, 0.3) is 0 Å². The van der Waals surface area contributed by atoms with Gasteiger partial charge in [-0.3, -0.25) is 0 Å². The summed E-state index contributed by atoms with van der Waals surface area (Å²) in [5.41, 5.74) is 0. The van der Waals surface area contributed by atoms with Crippen molar-refractivity contribution in [3.63, 3.8) is 0 Å². The van der Waals surface area contributed by atoms with Crippen molar-refractivity contribution in [3.8, 4) is 11.8 Å². The molecule has 0 aromatic heterocycles. The summed E-state index contributed by atoms with van der Waals surface area (Å²) in [5.74, 6) is 7.29. The van der Waals surface area contributed by atoms with E-state index in [9.17, 15) is 9.59 Å². The van der Waals surface area contributed by atoms with E-state index in [1.807, 2.05) is 0 Å². The molecular formula is C6H2O2. The van der Waals surface area contributed by atoms with Crippen molar-refractivity contribution in [1.29, 1.82) is 0 Å². The maximum absolute atomic E-state index is 9.37. The van der Waals surface area contributed by atoms with Crippen LogP contribution in [-0.2, 0) is 9.59 Å². The first kappa shape index (κ1) is 6.46. The van der Waals surface area contributed by atoms with E-state index >= 15 is 0 Å². The molecule has 0 saturated heterocycles. The molecule has 0 heterocycles. The lowest BCUT2D eigenvalue weighted by molar-refractivity contribution is 0.568. The lowest BCUT2D eigenvalue weighted by Gasteiger charge is -1.49. The minimum Gasteiger partial charge on any atom is -0.233 e. The number of carbonyl (C=O) groups excluding carboxylic acids is 2. The predicted octanol–water partition coefficient (Wildman–Crippen LogP) is -0.235. The van der Waals surface area contributed by atoms with Crippen LogP contribution in [0.3, 0.4) is 0 Å². The first-order valence-electron chi connectivity index (χ1n) is 1.81. The van der Waals surface area contributed by atoms with E-state index in [0.717, 1.165) is 12.2 Å². The summed E-state index contributed by atoms with van der Waals surface area (Å²) in [6.45, 7) is 0. The zero-order chi connectivity index (χ0) is 6.24. The molecule has 0 amide bonds. The largest absolute Gasteiger partial charge is 0.233 e. The summed E-state index contributed by atoms with van der Waals surface area (Å²) in [6.07, 6.45) is 1.96. The average Bonchev–Trinajstić information content (AvgIpc) is 1.81. The molecule has 0 spiro atoms. The Bertz CT molecular complexity index is 182. The van der Waals surface area contributed by atoms with Gasteiger partial charge in [0, 0.05) is 0 Å². The van der Waals surface area contributed by atoms with Gasteiger partial charge in [0.25, 0.3) is 0 Å². The molecule has 0 aliphatic heterocycles. The summed E-state index contributed by atoms with van der Waals surface area (Å²) in [5, 5.41) is 0. The maximum Gasteiger partial charge on any atom is 0.133 e. The Hall–Kier alpha value is -1.54. The van der Waals surface area contributed by atoms with E-state index in [1.54, 1.807) is 0 Å². The number of hydrogen-bond acceptors (Lipinski definition) is 2. The lowest BCUT2D eigenvalue weighted by Crippen LogP contribution is -1.50. The van der Waals surface area contributed by atoms with Crippen LogP contribution >= 0.6 is 0 Å². The Labute approximate surface area is 46.5 Å². The molecule has 0 N–H and O–H groups in total. The van der Waals surface area contributed by atoms with E-state index in [4.69, 9.17) is 0 Å². The second-order valence-electron chi connectivity index (χ2n) is 0.813. The number of allylic oxidation sites excluding steroid dienone is 2.